The van der Waals surface area contributed by atoms with Gasteiger partial charge in [-0.1, -0.05) is 12.1 Å². The number of imidazole rings is 1. The molecule has 3 rings (SSSR count). The van der Waals surface area contributed by atoms with Crippen molar-refractivity contribution in [2.45, 2.75) is 38.6 Å². The molecule has 0 bridgehead atoms. The van der Waals surface area contributed by atoms with E-state index in [9.17, 15) is 4.79 Å². The number of nitrogens with zero attached hydrogens (tertiary/aromatic N) is 1. The number of nitrogens with one attached hydrogen (secondary N) is 3. The molecule has 0 radical (unpaired) electrons. The third-order valence-electron chi connectivity index (χ3n) is 4.06. The van der Waals surface area contributed by atoms with Gasteiger partial charge in [0, 0.05) is 18.9 Å². The van der Waals surface area contributed by atoms with Gasteiger partial charge < -0.3 is 15.6 Å². The number of hydrogen-bond acceptors (Lipinski definition) is 3. The summed E-state index contributed by atoms with van der Waals surface area (Å²) in [6, 6.07) is 6.42. The van der Waals surface area contributed by atoms with Crippen molar-refractivity contribution >= 4 is 16.9 Å². The van der Waals surface area contributed by atoms with Gasteiger partial charge in [0.1, 0.15) is 5.82 Å². The van der Waals surface area contributed by atoms with E-state index in [1.807, 2.05) is 12.1 Å². The molecule has 2 heterocycles. The van der Waals surface area contributed by atoms with Gasteiger partial charge in [0.15, 0.2) is 0 Å². The second-order valence-electron chi connectivity index (χ2n) is 5.75. The number of benzene rings is 1. The third-order valence-corrected chi connectivity index (χ3v) is 4.06. The summed E-state index contributed by atoms with van der Waals surface area (Å²) in [5.74, 6) is 1.01. The lowest BCUT2D eigenvalue weighted by Gasteiger charge is -2.23. The maximum Gasteiger partial charge on any atom is 0.220 e. The molecule has 5 heteroatoms. The first kappa shape index (κ1) is 14.1. The van der Waals surface area contributed by atoms with E-state index < -0.39 is 0 Å². The maximum absolute atomic E-state index is 12.0. The van der Waals surface area contributed by atoms with Crippen LogP contribution in [0.15, 0.2) is 18.2 Å². The van der Waals surface area contributed by atoms with Crippen LogP contribution in [0.2, 0.25) is 0 Å². The van der Waals surface area contributed by atoms with Crippen LogP contribution < -0.4 is 10.6 Å². The van der Waals surface area contributed by atoms with E-state index >= 15 is 0 Å². The first-order valence-corrected chi connectivity index (χ1v) is 7.66. The maximum atomic E-state index is 12.0. The summed E-state index contributed by atoms with van der Waals surface area (Å²) in [7, 11) is 0. The van der Waals surface area contributed by atoms with Crippen LogP contribution in [0.5, 0.6) is 0 Å². The van der Waals surface area contributed by atoms with E-state index in [0.29, 0.717) is 18.9 Å². The zero-order valence-corrected chi connectivity index (χ0v) is 12.4. The minimum Gasteiger partial charge on any atom is -0.353 e. The molecule has 0 unspecified atom stereocenters. The standard InChI is InChI=1S/C16H22N4O/c1-11-3-2-4-13-16(11)20-14(19-13)5-6-15(21)18-12-7-9-17-10-8-12/h2-4,12,17H,5-10H2,1H3,(H,18,21)(H,19,20). The van der Waals surface area contributed by atoms with Gasteiger partial charge in [-0.3, -0.25) is 4.79 Å². The van der Waals surface area contributed by atoms with Gasteiger partial charge in [0.25, 0.3) is 0 Å². The van der Waals surface area contributed by atoms with Crippen molar-refractivity contribution in [2.75, 3.05) is 13.1 Å². The van der Waals surface area contributed by atoms with Gasteiger partial charge in [-0.05, 0) is 44.5 Å². The van der Waals surface area contributed by atoms with Gasteiger partial charge in [-0.2, -0.15) is 0 Å². The van der Waals surface area contributed by atoms with Crippen molar-refractivity contribution in [1.29, 1.82) is 0 Å². The van der Waals surface area contributed by atoms with E-state index in [1.165, 1.54) is 0 Å². The number of carbonyl (C=O) groups excluding carboxylic acids is 1. The van der Waals surface area contributed by atoms with Crippen LogP contribution in [0.1, 0.15) is 30.7 Å². The molecule has 0 saturated carbocycles. The molecule has 3 N–H and O–H groups in total. The number of piperidine rings is 1. The van der Waals surface area contributed by atoms with Crippen LogP contribution in [-0.4, -0.2) is 35.0 Å². The minimum absolute atomic E-state index is 0.124. The molecule has 112 valence electrons. The smallest absolute Gasteiger partial charge is 0.220 e. The fourth-order valence-electron chi connectivity index (χ4n) is 2.84. The van der Waals surface area contributed by atoms with Gasteiger partial charge >= 0.3 is 0 Å². The van der Waals surface area contributed by atoms with Crippen LogP contribution in [0.25, 0.3) is 11.0 Å². The minimum atomic E-state index is 0.124. The van der Waals surface area contributed by atoms with E-state index in [4.69, 9.17) is 0 Å². The third kappa shape index (κ3) is 3.42. The normalized spacial score (nSPS) is 16.2. The van der Waals surface area contributed by atoms with Crippen molar-refractivity contribution in [1.82, 2.24) is 20.6 Å². The Hall–Kier alpha value is -1.88. The summed E-state index contributed by atoms with van der Waals surface area (Å²) in [4.78, 5) is 19.9. The predicted octanol–water partition coefficient (Wildman–Crippen LogP) is 1.67. The molecule has 2 aromatic rings. The van der Waals surface area contributed by atoms with Crippen LogP contribution in [0.4, 0.5) is 0 Å². The van der Waals surface area contributed by atoms with Gasteiger partial charge in [0.2, 0.25) is 5.91 Å². The Balaban J connectivity index is 1.55. The fraction of sp³-hybridized carbons (Fsp3) is 0.500. The largest absolute Gasteiger partial charge is 0.353 e. The number of hydrogen-bond donors (Lipinski definition) is 3. The van der Waals surface area contributed by atoms with Crippen LogP contribution in [-0.2, 0) is 11.2 Å². The highest BCUT2D eigenvalue weighted by Gasteiger charge is 2.15. The molecule has 1 aromatic heterocycles. The Morgan fingerprint density at radius 1 is 1.38 bits per heavy atom. The summed E-state index contributed by atoms with van der Waals surface area (Å²) < 4.78 is 0. The molecule has 5 nitrogen and oxygen atoms in total. The molecular formula is C16H22N4O. The zero-order valence-electron chi connectivity index (χ0n) is 12.4. The highest BCUT2D eigenvalue weighted by atomic mass is 16.1. The monoisotopic (exact) mass is 286 g/mol. The Morgan fingerprint density at radius 2 is 2.19 bits per heavy atom. The van der Waals surface area contributed by atoms with Crippen molar-refractivity contribution in [3.05, 3.63) is 29.6 Å². The number of aryl methyl sites for hydroxylation is 2. The summed E-state index contributed by atoms with van der Waals surface area (Å²) in [6.07, 6.45) is 3.19. The van der Waals surface area contributed by atoms with Crippen molar-refractivity contribution in [3.63, 3.8) is 0 Å². The number of amides is 1. The molecule has 0 aliphatic carbocycles. The zero-order chi connectivity index (χ0) is 14.7. The summed E-state index contributed by atoms with van der Waals surface area (Å²) >= 11 is 0. The molecule has 1 fully saturated rings. The number of H-pyrrole nitrogens is 1. The summed E-state index contributed by atoms with van der Waals surface area (Å²) in [5.41, 5.74) is 3.21. The lowest BCUT2D eigenvalue weighted by Crippen LogP contribution is -2.42. The van der Waals surface area contributed by atoms with E-state index in [0.717, 1.165) is 48.4 Å². The second-order valence-corrected chi connectivity index (χ2v) is 5.75. The molecule has 1 amide bonds. The summed E-state index contributed by atoms with van der Waals surface area (Å²) in [5, 5.41) is 6.41. The predicted molar refractivity (Wildman–Crippen MR) is 83.2 cm³/mol. The van der Waals surface area contributed by atoms with Crippen molar-refractivity contribution < 1.29 is 4.79 Å². The number of aromatic nitrogens is 2. The van der Waals surface area contributed by atoms with Crippen LogP contribution in [0.3, 0.4) is 0 Å². The number of fused-ring (bicyclic) bond motifs is 1. The molecule has 1 saturated heterocycles. The Morgan fingerprint density at radius 3 is 2.95 bits per heavy atom. The Kier molecular flexibility index (Phi) is 4.20. The molecule has 1 aliphatic rings. The summed E-state index contributed by atoms with van der Waals surface area (Å²) in [6.45, 7) is 4.04. The van der Waals surface area contributed by atoms with Crippen molar-refractivity contribution in [3.8, 4) is 0 Å². The SMILES string of the molecule is Cc1cccc2[nH]c(CCC(=O)NC3CCNCC3)nc12. The number of rotatable bonds is 4. The van der Waals surface area contributed by atoms with E-state index in [2.05, 4.69) is 33.6 Å². The van der Waals surface area contributed by atoms with Gasteiger partial charge in [-0.15, -0.1) is 0 Å². The molecular weight excluding hydrogens is 264 g/mol. The quantitative estimate of drug-likeness (QED) is 0.801. The molecule has 21 heavy (non-hydrogen) atoms. The second kappa shape index (κ2) is 6.26. The number of carbonyl (C=O) groups is 1. The van der Waals surface area contributed by atoms with E-state index in [1.54, 1.807) is 0 Å². The fourth-order valence-corrected chi connectivity index (χ4v) is 2.84. The highest BCUT2D eigenvalue weighted by molar-refractivity contribution is 5.79. The van der Waals surface area contributed by atoms with E-state index in [-0.39, 0.29) is 5.91 Å². The average molecular weight is 286 g/mol. The molecule has 0 spiro atoms. The number of para-hydroxylation sites is 1. The highest BCUT2D eigenvalue weighted by Crippen LogP contribution is 2.16. The Labute approximate surface area is 124 Å². The van der Waals surface area contributed by atoms with Gasteiger partial charge in [0.05, 0.1) is 11.0 Å². The number of aromatic amines is 1. The first-order chi connectivity index (χ1) is 10.2. The van der Waals surface area contributed by atoms with Crippen LogP contribution >= 0.6 is 0 Å². The topological polar surface area (TPSA) is 69.8 Å². The molecule has 0 atom stereocenters. The Bertz CT molecular complexity index is 628. The average Bonchev–Trinajstić information content (AvgIpc) is 2.91. The lowest BCUT2D eigenvalue weighted by molar-refractivity contribution is -0.121. The van der Waals surface area contributed by atoms with Crippen LogP contribution in [0, 0.1) is 6.92 Å². The molecule has 1 aliphatic heterocycles. The van der Waals surface area contributed by atoms with Crippen molar-refractivity contribution in [2.24, 2.45) is 0 Å². The first-order valence-electron chi connectivity index (χ1n) is 7.66. The van der Waals surface area contributed by atoms with Gasteiger partial charge in [-0.25, -0.2) is 4.98 Å². The lowest BCUT2D eigenvalue weighted by atomic mass is 10.1. The molecule has 1 aromatic carbocycles.